The van der Waals surface area contributed by atoms with Crippen LogP contribution in [0.3, 0.4) is 0 Å². The minimum atomic E-state index is -1.07. The first-order valence-corrected chi connectivity index (χ1v) is 7.74. The Bertz CT molecular complexity index is 771. The maximum Gasteiger partial charge on any atom is 0.338 e. The van der Waals surface area contributed by atoms with Crippen molar-refractivity contribution < 1.29 is 28.7 Å². The summed E-state index contributed by atoms with van der Waals surface area (Å²) in [6.45, 7) is 4.62. The summed E-state index contributed by atoms with van der Waals surface area (Å²) in [5, 5.41) is 2.48. The normalized spacial score (nSPS) is 13.8. The molecule has 0 aliphatic carbocycles. The van der Waals surface area contributed by atoms with Gasteiger partial charge in [-0.1, -0.05) is 6.08 Å². The average Bonchev–Trinajstić information content (AvgIpc) is 2.81. The van der Waals surface area contributed by atoms with E-state index in [0.29, 0.717) is 21.1 Å². The Hall–Kier alpha value is -3.49. The summed E-state index contributed by atoms with van der Waals surface area (Å²) >= 11 is 0. The lowest BCUT2D eigenvalue weighted by atomic mass is 10.2. The molecule has 26 heavy (non-hydrogen) atoms. The van der Waals surface area contributed by atoms with Gasteiger partial charge in [0.1, 0.15) is 6.54 Å². The number of benzene rings is 1. The van der Waals surface area contributed by atoms with E-state index in [1.165, 1.54) is 30.3 Å². The SMILES string of the molecule is C=CCN1C(=O)C(=O)N(CC(=O)Nc2ccc(C(=O)OCC)cc2)C1=O. The Morgan fingerprint density at radius 2 is 1.73 bits per heavy atom. The quantitative estimate of drug-likeness (QED) is 0.333. The molecule has 1 heterocycles. The predicted molar refractivity (Wildman–Crippen MR) is 90.0 cm³/mol. The predicted octanol–water partition coefficient (Wildman–Crippen LogP) is 0.779. The second-order valence-corrected chi connectivity index (χ2v) is 5.22. The Kier molecular flexibility index (Phi) is 5.84. The van der Waals surface area contributed by atoms with Crippen LogP contribution in [-0.4, -0.2) is 59.2 Å². The van der Waals surface area contributed by atoms with Crippen LogP contribution in [0, 0.1) is 0 Å². The molecule has 9 nitrogen and oxygen atoms in total. The van der Waals surface area contributed by atoms with Gasteiger partial charge in [0, 0.05) is 12.2 Å². The summed E-state index contributed by atoms with van der Waals surface area (Å²) in [6, 6.07) is 5.03. The second-order valence-electron chi connectivity index (χ2n) is 5.22. The van der Waals surface area contributed by atoms with Crippen LogP contribution < -0.4 is 5.32 Å². The van der Waals surface area contributed by atoms with Crippen molar-refractivity contribution in [3.8, 4) is 0 Å². The van der Waals surface area contributed by atoms with Crippen LogP contribution in [-0.2, 0) is 19.1 Å². The summed E-state index contributed by atoms with van der Waals surface area (Å²) in [4.78, 5) is 60.4. The molecular weight excluding hydrogens is 342 g/mol. The van der Waals surface area contributed by atoms with E-state index in [1.807, 2.05) is 0 Å². The fourth-order valence-electron chi connectivity index (χ4n) is 2.23. The van der Waals surface area contributed by atoms with Crippen LogP contribution in [0.4, 0.5) is 10.5 Å². The van der Waals surface area contributed by atoms with Gasteiger partial charge in [-0.3, -0.25) is 19.3 Å². The Labute approximate surface area is 149 Å². The van der Waals surface area contributed by atoms with Gasteiger partial charge in [-0.15, -0.1) is 6.58 Å². The molecule has 0 atom stereocenters. The largest absolute Gasteiger partial charge is 0.462 e. The number of nitrogens with zero attached hydrogens (tertiary/aromatic N) is 2. The monoisotopic (exact) mass is 359 g/mol. The molecule has 1 aliphatic rings. The van der Waals surface area contributed by atoms with Gasteiger partial charge < -0.3 is 10.1 Å². The van der Waals surface area contributed by atoms with E-state index in [0.717, 1.165) is 0 Å². The van der Waals surface area contributed by atoms with Crippen LogP contribution in [0.1, 0.15) is 17.3 Å². The topological polar surface area (TPSA) is 113 Å². The highest BCUT2D eigenvalue weighted by atomic mass is 16.5. The van der Waals surface area contributed by atoms with E-state index in [-0.39, 0.29) is 13.2 Å². The van der Waals surface area contributed by atoms with Crippen molar-refractivity contribution in [1.82, 2.24) is 9.80 Å². The van der Waals surface area contributed by atoms with Gasteiger partial charge in [-0.2, -0.15) is 0 Å². The maximum atomic E-state index is 12.1. The number of amides is 5. The molecule has 1 aromatic carbocycles. The van der Waals surface area contributed by atoms with Crippen LogP contribution >= 0.6 is 0 Å². The molecule has 5 amide bonds. The van der Waals surface area contributed by atoms with E-state index < -0.39 is 36.3 Å². The minimum absolute atomic E-state index is 0.114. The van der Waals surface area contributed by atoms with Gasteiger partial charge in [0.15, 0.2) is 0 Å². The highest BCUT2D eigenvalue weighted by Crippen LogP contribution is 2.14. The number of carbonyl (C=O) groups excluding carboxylic acids is 5. The molecule has 0 spiro atoms. The van der Waals surface area contributed by atoms with Gasteiger partial charge in [0.2, 0.25) is 5.91 Å². The Balaban J connectivity index is 1.99. The first kappa shape index (κ1) is 18.8. The summed E-state index contributed by atoms with van der Waals surface area (Å²) in [5.74, 6) is -3.21. The molecule has 136 valence electrons. The van der Waals surface area contributed by atoms with Crippen molar-refractivity contribution in [3.63, 3.8) is 0 Å². The number of rotatable bonds is 7. The third-order valence-corrected chi connectivity index (χ3v) is 3.43. The molecule has 0 bridgehead atoms. The molecule has 9 heteroatoms. The molecule has 2 rings (SSSR count). The first-order valence-electron chi connectivity index (χ1n) is 7.74. The zero-order chi connectivity index (χ0) is 19.3. The molecule has 1 fully saturated rings. The number of anilines is 1. The second kappa shape index (κ2) is 8.06. The van der Waals surface area contributed by atoms with Gasteiger partial charge in [-0.25, -0.2) is 14.5 Å². The van der Waals surface area contributed by atoms with E-state index in [1.54, 1.807) is 6.92 Å². The van der Waals surface area contributed by atoms with Crippen molar-refractivity contribution in [2.45, 2.75) is 6.92 Å². The van der Waals surface area contributed by atoms with Crippen LogP contribution in [0.15, 0.2) is 36.9 Å². The summed E-state index contributed by atoms with van der Waals surface area (Å²) in [6.07, 6.45) is 1.30. The van der Waals surface area contributed by atoms with E-state index in [2.05, 4.69) is 11.9 Å². The van der Waals surface area contributed by atoms with Gasteiger partial charge >= 0.3 is 23.8 Å². The lowest BCUT2D eigenvalue weighted by Gasteiger charge is -2.14. The molecule has 0 radical (unpaired) electrons. The van der Waals surface area contributed by atoms with Crippen molar-refractivity contribution in [2.75, 3.05) is 25.0 Å². The molecule has 0 saturated carbocycles. The number of ether oxygens (including phenoxy) is 1. The first-order chi connectivity index (χ1) is 12.4. The number of carbonyl (C=O) groups is 5. The fourth-order valence-corrected chi connectivity index (χ4v) is 2.23. The smallest absolute Gasteiger partial charge is 0.338 e. The van der Waals surface area contributed by atoms with Gasteiger partial charge in [0.05, 0.1) is 12.2 Å². The summed E-state index contributed by atoms with van der Waals surface area (Å²) in [5.41, 5.74) is 0.678. The van der Waals surface area contributed by atoms with E-state index in [9.17, 15) is 24.0 Å². The number of urea groups is 1. The van der Waals surface area contributed by atoms with Crippen molar-refractivity contribution in [2.24, 2.45) is 0 Å². The number of esters is 1. The Morgan fingerprint density at radius 3 is 2.31 bits per heavy atom. The van der Waals surface area contributed by atoms with Crippen LogP contribution in [0.5, 0.6) is 0 Å². The minimum Gasteiger partial charge on any atom is -0.462 e. The molecule has 1 N–H and O–H groups in total. The highest BCUT2D eigenvalue weighted by Gasteiger charge is 2.44. The summed E-state index contributed by atoms with van der Waals surface area (Å²) in [7, 11) is 0. The van der Waals surface area contributed by atoms with Crippen LogP contribution in [0.25, 0.3) is 0 Å². The number of hydrogen-bond donors (Lipinski definition) is 1. The van der Waals surface area contributed by atoms with Gasteiger partial charge in [-0.05, 0) is 31.2 Å². The van der Waals surface area contributed by atoms with Crippen molar-refractivity contribution in [3.05, 3.63) is 42.5 Å². The number of hydrogen-bond acceptors (Lipinski definition) is 6. The highest BCUT2D eigenvalue weighted by molar-refractivity contribution is 6.45. The molecule has 1 saturated heterocycles. The molecule has 1 aromatic rings. The fraction of sp³-hybridized carbons (Fsp3) is 0.235. The third-order valence-electron chi connectivity index (χ3n) is 3.43. The molecule has 0 aromatic heterocycles. The maximum absolute atomic E-state index is 12.1. The summed E-state index contributed by atoms with van der Waals surface area (Å²) < 4.78 is 4.85. The van der Waals surface area contributed by atoms with E-state index in [4.69, 9.17) is 4.74 Å². The standard InChI is InChI=1S/C17H17N3O6/c1-3-9-19-14(22)15(23)20(17(19)25)10-13(21)18-12-7-5-11(6-8-12)16(24)26-4-2/h3,5-8H,1,4,9-10H2,2H3,(H,18,21). The lowest BCUT2D eigenvalue weighted by molar-refractivity contribution is -0.143. The molecule has 0 unspecified atom stereocenters. The van der Waals surface area contributed by atoms with Crippen LogP contribution in [0.2, 0.25) is 0 Å². The van der Waals surface area contributed by atoms with Crippen molar-refractivity contribution in [1.29, 1.82) is 0 Å². The molecule has 1 aliphatic heterocycles. The lowest BCUT2D eigenvalue weighted by Crippen LogP contribution is -2.39. The van der Waals surface area contributed by atoms with Crippen molar-refractivity contribution >= 4 is 35.4 Å². The zero-order valence-electron chi connectivity index (χ0n) is 14.1. The van der Waals surface area contributed by atoms with E-state index >= 15 is 0 Å². The van der Waals surface area contributed by atoms with Gasteiger partial charge in [0.25, 0.3) is 0 Å². The third kappa shape index (κ3) is 3.94. The average molecular weight is 359 g/mol. The molecular formula is C17H17N3O6. The zero-order valence-corrected chi connectivity index (χ0v) is 14.1. The number of nitrogens with one attached hydrogen (secondary N) is 1. The number of imide groups is 2. The Morgan fingerprint density at radius 1 is 1.12 bits per heavy atom.